The van der Waals surface area contributed by atoms with Crippen molar-refractivity contribution in [2.45, 2.75) is 12.5 Å². The highest BCUT2D eigenvalue weighted by Crippen LogP contribution is 2.31. The summed E-state index contributed by atoms with van der Waals surface area (Å²) in [5.74, 6) is -2.77. The maximum atomic E-state index is 14.5. The lowest BCUT2D eigenvalue weighted by atomic mass is 10.2. The Morgan fingerprint density at radius 1 is 1.24 bits per heavy atom. The summed E-state index contributed by atoms with van der Waals surface area (Å²) in [6, 6.07) is 1.98. The van der Waals surface area contributed by atoms with E-state index in [4.69, 9.17) is 10.5 Å². The Hall–Kier alpha value is -2.91. The third kappa shape index (κ3) is 3.32. The number of benzene rings is 1. The summed E-state index contributed by atoms with van der Waals surface area (Å²) >= 11 is 0. The summed E-state index contributed by atoms with van der Waals surface area (Å²) < 4.78 is 33.8. The number of carbonyl (C=O) groups excluding carboxylic acids is 3. The van der Waals surface area contributed by atoms with Gasteiger partial charge in [-0.05, 0) is 0 Å². The smallest absolute Gasteiger partial charge is 0.415 e. The van der Waals surface area contributed by atoms with E-state index in [2.05, 4.69) is 5.32 Å². The maximum absolute atomic E-state index is 14.5. The average molecular weight is 354 g/mol. The summed E-state index contributed by atoms with van der Waals surface area (Å²) in [7, 11) is 0. The molecule has 8 nitrogen and oxygen atoms in total. The van der Waals surface area contributed by atoms with Crippen LogP contribution in [0.2, 0.25) is 0 Å². The number of anilines is 2. The summed E-state index contributed by atoms with van der Waals surface area (Å²) in [5.41, 5.74) is 4.74. The van der Waals surface area contributed by atoms with Crippen molar-refractivity contribution in [1.82, 2.24) is 5.32 Å². The van der Waals surface area contributed by atoms with E-state index in [1.165, 1.54) is 4.90 Å². The number of ether oxygens (including phenoxy) is 1. The van der Waals surface area contributed by atoms with Crippen molar-refractivity contribution >= 4 is 29.3 Å². The number of hydrogen-bond donors (Lipinski definition) is 2. The average Bonchev–Trinajstić information content (AvgIpc) is 2.81. The van der Waals surface area contributed by atoms with Crippen molar-refractivity contribution in [3.63, 3.8) is 0 Å². The second-order valence-corrected chi connectivity index (χ2v) is 5.73. The summed E-state index contributed by atoms with van der Waals surface area (Å²) in [4.78, 5) is 36.6. The Balaban J connectivity index is 1.86. The molecule has 0 radical (unpaired) electrons. The molecule has 2 aliphatic heterocycles. The normalized spacial score (nSPS) is 21.0. The number of halogens is 2. The minimum absolute atomic E-state index is 0.0727. The van der Waals surface area contributed by atoms with Gasteiger partial charge in [-0.1, -0.05) is 0 Å². The molecule has 1 aromatic carbocycles. The Morgan fingerprint density at radius 3 is 2.52 bits per heavy atom. The third-order valence-corrected chi connectivity index (χ3v) is 4.07. The van der Waals surface area contributed by atoms with Crippen molar-refractivity contribution in [3.05, 3.63) is 23.8 Å². The van der Waals surface area contributed by atoms with Gasteiger partial charge in [0.05, 0.1) is 12.2 Å². The number of amides is 3. The molecule has 0 bridgehead atoms. The first-order chi connectivity index (χ1) is 11.9. The topological polar surface area (TPSA) is 105 Å². The van der Waals surface area contributed by atoms with E-state index in [0.29, 0.717) is 0 Å². The van der Waals surface area contributed by atoms with Gasteiger partial charge in [0.25, 0.3) is 5.91 Å². The summed E-state index contributed by atoms with van der Waals surface area (Å²) in [6.07, 6.45) is -1.94. The Morgan fingerprint density at radius 2 is 1.92 bits per heavy atom. The molecule has 2 saturated heterocycles. The van der Waals surface area contributed by atoms with Gasteiger partial charge in [-0.3, -0.25) is 14.5 Å². The van der Waals surface area contributed by atoms with Gasteiger partial charge in [0.2, 0.25) is 5.91 Å². The van der Waals surface area contributed by atoms with Crippen LogP contribution in [-0.2, 0) is 14.3 Å². The van der Waals surface area contributed by atoms with E-state index in [9.17, 15) is 23.2 Å². The van der Waals surface area contributed by atoms with Crippen molar-refractivity contribution in [1.29, 1.82) is 0 Å². The number of nitrogens with two attached hydrogens (primary N) is 1. The number of carbonyl (C=O) groups is 3. The Labute approximate surface area is 141 Å². The third-order valence-electron chi connectivity index (χ3n) is 4.07. The predicted molar refractivity (Wildman–Crippen MR) is 83.0 cm³/mol. The molecule has 134 valence electrons. The first kappa shape index (κ1) is 16.9. The lowest BCUT2D eigenvalue weighted by molar-refractivity contribution is -0.124. The monoisotopic (exact) mass is 354 g/mol. The van der Waals surface area contributed by atoms with Crippen molar-refractivity contribution in [2.24, 2.45) is 5.73 Å². The molecule has 3 amide bonds. The SMILES string of the molecule is NC(=O)[C@H]1CN(c2cc(F)c(N3CCNC(=O)CC3)c(F)c2)C(=O)O1. The molecule has 1 aromatic rings. The van der Waals surface area contributed by atoms with Crippen LogP contribution in [0.3, 0.4) is 0 Å². The molecular formula is C15H16F2N4O4. The first-order valence-corrected chi connectivity index (χ1v) is 7.65. The van der Waals surface area contributed by atoms with Crippen molar-refractivity contribution < 1.29 is 27.9 Å². The van der Waals surface area contributed by atoms with Crippen molar-refractivity contribution in [2.75, 3.05) is 36.0 Å². The van der Waals surface area contributed by atoms with Crippen LogP contribution in [0.4, 0.5) is 25.0 Å². The zero-order valence-corrected chi connectivity index (χ0v) is 13.1. The zero-order valence-electron chi connectivity index (χ0n) is 13.1. The standard InChI is InChI=1S/C15H16F2N4O4/c16-9-5-8(21-7-11(14(18)23)25-15(21)24)6-10(17)13(9)20-3-1-12(22)19-2-4-20/h5-6,11H,1-4,7H2,(H2,18,23)(H,19,22)/t11-/m1/s1. The summed E-state index contributed by atoms with van der Waals surface area (Å²) in [5, 5.41) is 2.62. The predicted octanol–water partition coefficient (Wildman–Crippen LogP) is 0.102. The highest BCUT2D eigenvalue weighted by molar-refractivity contribution is 5.95. The number of primary amides is 1. The Kier molecular flexibility index (Phi) is 4.43. The highest BCUT2D eigenvalue weighted by Gasteiger charge is 2.36. The van der Waals surface area contributed by atoms with Gasteiger partial charge in [-0.25, -0.2) is 13.6 Å². The molecular weight excluding hydrogens is 338 g/mol. The van der Waals surface area contributed by atoms with Crippen LogP contribution in [0, 0.1) is 11.6 Å². The van der Waals surface area contributed by atoms with Gasteiger partial charge in [0, 0.05) is 38.2 Å². The quantitative estimate of drug-likeness (QED) is 0.801. The zero-order chi connectivity index (χ0) is 18.1. The summed E-state index contributed by atoms with van der Waals surface area (Å²) in [6.45, 7) is 0.496. The maximum Gasteiger partial charge on any atom is 0.415 e. The first-order valence-electron chi connectivity index (χ1n) is 7.65. The minimum Gasteiger partial charge on any atom is -0.434 e. The molecule has 3 rings (SSSR count). The van der Waals surface area contributed by atoms with E-state index in [1.54, 1.807) is 0 Å². The fraction of sp³-hybridized carbons (Fsp3) is 0.400. The number of nitrogens with zero attached hydrogens (tertiary/aromatic N) is 2. The minimum atomic E-state index is -1.17. The molecule has 0 spiro atoms. The van der Waals surface area contributed by atoms with Gasteiger partial charge in [0.15, 0.2) is 17.7 Å². The number of rotatable bonds is 3. The van der Waals surface area contributed by atoms with Crippen LogP contribution >= 0.6 is 0 Å². The van der Waals surface area contributed by atoms with Gasteiger partial charge < -0.3 is 20.7 Å². The van der Waals surface area contributed by atoms with E-state index in [0.717, 1.165) is 17.0 Å². The van der Waals surface area contributed by atoms with Crippen LogP contribution in [0.5, 0.6) is 0 Å². The van der Waals surface area contributed by atoms with E-state index >= 15 is 0 Å². The number of hydrogen-bond acceptors (Lipinski definition) is 5. The fourth-order valence-electron chi connectivity index (χ4n) is 2.82. The molecule has 10 heteroatoms. The van der Waals surface area contributed by atoms with Gasteiger partial charge >= 0.3 is 6.09 Å². The van der Waals surface area contributed by atoms with Crippen LogP contribution < -0.4 is 20.9 Å². The van der Waals surface area contributed by atoms with Crippen LogP contribution in [-0.4, -0.2) is 50.2 Å². The van der Waals surface area contributed by atoms with Gasteiger partial charge in [0.1, 0.15) is 5.69 Å². The molecule has 0 unspecified atom stereocenters. The number of nitrogens with one attached hydrogen (secondary N) is 1. The molecule has 0 aliphatic carbocycles. The fourth-order valence-corrected chi connectivity index (χ4v) is 2.82. The highest BCUT2D eigenvalue weighted by atomic mass is 19.1. The molecule has 2 fully saturated rings. The Bertz CT molecular complexity index is 719. The van der Waals surface area contributed by atoms with Crippen LogP contribution in [0.25, 0.3) is 0 Å². The van der Waals surface area contributed by atoms with E-state index in [1.807, 2.05) is 0 Å². The second kappa shape index (κ2) is 6.54. The van der Waals surface area contributed by atoms with E-state index in [-0.39, 0.29) is 49.9 Å². The molecule has 0 saturated carbocycles. The molecule has 25 heavy (non-hydrogen) atoms. The van der Waals surface area contributed by atoms with Crippen molar-refractivity contribution in [3.8, 4) is 0 Å². The van der Waals surface area contributed by atoms with Gasteiger partial charge in [-0.2, -0.15) is 0 Å². The molecule has 2 heterocycles. The van der Waals surface area contributed by atoms with Crippen LogP contribution in [0.1, 0.15) is 6.42 Å². The number of cyclic esters (lactones) is 1. The van der Waals surface area contributed by atoms with E-state index < -0.39 is 29.7 Å². The second-order valence-electron chi connectivity index (χ2n) is 5.73. The largest absolute Gasteiger partial charge is 0.434 e. The molecule has 2 aliphatic rings. The lowest BCUT2D eigenvalue weighted by Crippen LogP contribution is -2.33. The van der Waals surface area contributed by atoms with Gasteiger partial charge in [-0.15, -0.1) is 0 Å². The molecule has 3 N–H and O–H groups in total. The lowest BCUT2D eigenvalue weighted by Gasteiger charge is -2.24. The van der Waals surface area contributed by atoms with Crippen LogP contribution in [0.15, 0.2) is 12.1 Å². The molecule has 0 aromatic heterocycles. The molecule has 1 atom stereocenters.